The quantitative estimate of drug-likeness (QED) is 0.710. The normalized spacial score (nSPS) is 20.7. The van der Waals surface area contributed by atoms with E-state index in [9.17, 15) is 0 Å². The third-order valence-corrected chi connectivity index (χ3v) is 6.48. The van der Waals surface area contributed by atoms with E-state index in [1.54, 1.807) is 14.2 Å². The summed E-state index contributed by atoms with van der Waals surface area (Å²) in [5.41, 5.74) is 5.31. The number of nitrogens with one attached hydrogen (secondary N) is 2. The summed E-state index contributed by atoms with van der Waals surface area (Å²) >= 11 is 0. The van der Waals surface area contributed by atoms with E-state index in [0.717, 1.165) is 18.0 Å². The lowest BCUT2D eigenvalue weighted by molar-refractivity contribution is 0.302. The first-order valence-corrected chi connectivity index (χ1v) is 9.84. The van der Waals surface area contributed by atoms with Gasteiger partial charge in [0.15, 0.2) is 11.5 Å². The van der Waals surface area contributed by atoms with Crippen molar-refractivity contribution in [2.45, 2.75) is 37.1 Å². The van der Waals surface area contributed by atoms with Gasteiger partial charge < -0.3 is 19.8 Å². The number of benzene rings is 2. The maximum absolute atomic E-state index is 5.78. The first-order valence-electron chi connectivity index (χ1n) is 9.84. The van der Waals surface area contributed by atoms with E-state index >= 15 is 0 Å². The van der Waals surface area contributed by atoms with Crippen LogP contribution in [0.1, 0.15) is 48.4 Å². The summed E-state index contributed by atoms with van der Waals surface area (Å²) in [4.78, 5) is 3.78. The smallest absolute Gasteiger partial charge is 0.164 e. The van der Waals surface area contributed by atoms with Crippen molar-refractivity contribution in [3.8, 4) is 11.5 Å². The molecule has 1 atom stereocenters. The predicted octanol–water partition coefficient (Wildman–Crippen LogP) is 4.69. The molecule has 2 N–H and O–H groups in total. The molecule has 1 saturated carbocycles. The van der Waals surface area contributed by atoms with Crippen LogP contribution in [-0.4, -0.2) is 25.7 Å². The first-order chi connectivity index (χ1) is 13.3. The van der Waals surface area contributed by atoms with Crippen molar-refractivity contribution in [3.05, 3.63) is 59.3 Å². The first kappa shape index (κ1) is 16.7. The number of ether oxygens (including phenoxy) is 2. The molecule has 3 aromatic rings. The van der Waals surface area contributed by atoms with Crippen LogP contribution in [0.3, 0.4) is 0 Å². The number of fused-ring (bicyclic) bond motifs is 4. The summed E-state index contributed by atoms with van der Waals surface area (Å²) in [6, 6.07) is 14.9. The molecule has 4 nitrogen and oxygen atoms in total. The summed E-state index contributed by atoms with van der Waals surface area (Å²) in [5, 5.41) is 5.25. The minimum absolute atomic E-state index is 0.0942. The highest BCUT2D eigenvalue weighted by Crippen LogP contribution is 2.50. The van der Waals surface area contributed by atoms with E-state index in [0.29, 0.717) is 0 Å². The Morgan fingerprint density at radius 3 is 2.56 bits per heavy atom. The molecule has 1 unspecified atom stereocenters. The number of rotatable bonds is 3. The van der Waals surface area contributed by atoms with Crippen molar-refractivity contribution in [2.24, 2.45) is 0 Å². The van der Waals surface area contributed by atoms with Crippen LogP contribution in [0.25, 0.3) is 10.9 Å². The second kappa shape index (κ2) is 6.31. The van der Waals surface area contributed by atoms with Crippen LogP contribution >= 0.6 is 0 Å². The van der Waals surface area contributed by atoms with Gasteiger partial charge >= 0.3 is 0 Å². The van der Waals surface area contributed by atoms with Gasteiger partial charge in [-0.1, -0.05) is 43.2 Å². The van der Waals surface area contributed by atoms with Crippen LogP contribution < -0.4 is 14.8 Å². The van der Waals surface area contributed by atoms with E-state index in [1.807, 2.05) is 6.07 Å². The lowest BCUT2D eigenvalue weighted by Gasteiger charge is -2.39. The molecule has 0 saturated heterocycles. The monoisotopic (exact) mass is 362 g/mol. The van der Waals surface area contributed by atoms with Gasteiger partial charge in [0.1, 0.15) is 0 Å². The summed E-state index contributed by atoms with van der Waals surface area (Å²) in [7, 11) is 3.43. The number of aromatic amines is 1. The Kier molecular flexibility index (Phi) is 3.90. The average molecular weight is 362 g/mol. The minimum atomic E-state index is 0.0942. The fourth-order valence-electron chi connectivity index (χ4n) is 5.25. The van der Waals surface area contributed by atoms with Gasteiger partial charge in [-0.2, -0.15) is 0 Å². The highest BCUT2D eigenvalue weighted by Gasteiger charge is 2.44. The molecule has 2 heterocycles. The molecule has 0 radical (unpaired) electrons. The third-order valence-electron chi connectivity index (χ3n) is 6.48. The zero-order chi connectivity index (χ0) is 18.4. The van der Waals surface area contributed by atoms with E-state index < -0.39 is 0 Å². The zero-order valence-corrected chi connectivity index (χ0v) is 16.0. The van der Waals surface area contributed by atoms with Crippen molar-refractivity contribution in [2.75, 3.05) is 20.8 Å². The largest absolute Gasteiger partial charge is 0.493 e. The lowest BCUT2D eigenvalue weighted by atomic mass is 9.78. The van der Waals surface area contributed by atoms with E-state index in [-0.39, 0.29) is 11.5 Å². The number of hydrogen-bond donors (Lipinski definition) is 2. The molecule has 1 aromatic heterocycles. The molecular formula is C23H26N2O2. The number of para-hydroxylation sites is 2. The van der Waals surface area contributed by atoms with E-state index in [2.05, 4.69) is 46.7 Å². The van der Waals surface area contributed by atoms with Crippen molar-refractivity contribution < 1.29 is 9.47 Å². The zero-order valence-electron chi connectivity index (χ0n) is 16.0. The fourth-order valence-corrected chi connectivity index (χ4v) is 5.25. The molecule has 27 heavy (non-hydrogen) atoms. The van der Waals surface area contributed by atoms with Crippen LogP contribution in [0.4, 0.5) is 0 Å². The van der Waals surface area contributed by atoms with Gasteiger partial charge in [-0.3, -0.25) is 0 Å². The molecule has 1 fully saturated rings. The Balaban J connectivity index is 1.75. The van der Waals surface area contributed by atoms with Gasteiger partial charge in [0, 0.05) is 34.6 Å². The Hall–Kier alpha value is -2.46. The Morgan fingerprint density at radius 2 is 1.78 bits per heavy atom. The van der Waals surface area contributed by atoms with Crippen LogP contribution in [-0.2, 0) is 5.54 Å². The summed E-state index contributed by atoms with van der Waals surface area (Å²) in [5.74, 6) is 1.86. The summed E-state index contributed by atoms with van der Waals surface area (Å²) < 4.78 is 11.3. The van der Waals surface area contributed by atoms with Crippen molar-refractivity contribution in [1.29, 1.82) is 0 Å². The molecule has 1 aliphatic carbocycles. The maximum atomic E-state index is 5.78. The number of H-pyrrole nitrogens is 1. The average Bonchev–Trinajstić information content (AvgIpc) is 3.34. The van der Waals surface area contributed by atoms with Gasteiger partial charge in [-0.15, -0.1) is 0 Å². The van der Waals surface area contributed by atoms with Crippen LogP contribution in [0, 0.1) is 0 Å². The summed E-state index contributed by atoms with van der Waals surface area (Å²) in [6.45, 7) is 0.915. The molecule has 0 bridgehead atoms. The highest BCUT2D eigenvalue weighted by molar-refractivity contribution is 5.87. The molecule has 2 aromatic carbocycles. The Morgan fingerprint density at radius 1 is 0.963 bits per heavy atom. The number of hydrogen-bond acceptors (Lipinski definition) is 3. The van der Waals surface area contributed by atoms with Crippen molar-refractivity contribution in [3.63, 3.8) is 0 Å². The molecular weight excluding hydrogens is 336 g/mol. The maximum Gasteiger partial charge on any atom is 0.164 e. The molecule has 1 spiro atoms. The van der Waals surface area contributed by atoms with Crippen LogP contribution in [0.2, 0.25) is 0 Å². The lowest BCUT2D eigenvalue weighted by Crippen LogP contribution is -2.47. The summed E-state index contributed by atoms with van der Waals surface area (Å²) in [6.07, 6.45) is 4.98. The topological polar surface area (TPSA) is 46.3 Å². The van der Waals surface area contributed by atoms with Crippen LogP contribution in [0.15, 0.2) is 42.5 Å². The minimum Gasteiger partial charge on any atom is -0.493 e. The van der Waals surface area contributed by atoms with Gasteiger partial charge in [0.05, 0.1) is 19.8 Å². The molecule has 2 aliphatic rings. The predicted molar refractivity (Wildman–Crippen MR) is 108 cm³/mol. The molecule has 1 aliphatic heterocycles. The Bertz CT molecular complexity index is 985. The number of aromatic nitrogens is 1. The van der Waals surface area contributed by atoms with Crippen LogP contribution in [0.5, 0.6) is 11.5 Å². The van der Waals surface area contributed by atoms with Gasteiger partial charge in [-0.25, -0.2) is 0 Å². The Labute approximate surface area is 159 Å². The van der Waals surface area contributed by atoms with Gasteiger partial charge in [-0.05, 0) is 30.5 Å². The second-order valence-electron chi connectivity index (χ2n) is 7.76. The number of methoxy groups -OCH3 is 2. The standard InChI is InChI=1S/C23H26N2O2/c1-26-19-11-7-9-15(21(19)27-2)17-14-24-23(12-5-6-13-23)22-20(17)16-8-3-4-10-18(16)25-22/h3-4,7-11,17,24-25H,5-6,12-14H2,1-2H3. The molecule has 0 amide bonds. The SMILES string of the molecule is COc1cccc(C2CNC3(CCCC3)c3[nH]c4ccccc4c32)c1OC. The van der Waals surface area contributed by atoms with Crippen molar-refractivity contribution in [1.82, 2.24) is 10.3 Å². The highest BCUT2D eigenvalue weighted by atomic mass is 16.5. The fraction of sp³-hybridized carbons (Fsp3) is 0.391. The third kappa shape index (κ3) is 2.39. The second-order valence-corrected chi connectivity index (χ2v) is 7.76. The van der Waals surface area contributed by atoms with E-state index in [1.165, 1.54) is 53.4 Å². The van der Waals surface area contributed by atoms with Gasteiger partial charge in [0.25, 0.3) is 0 Å². The van der Waals surface area contributed by atoms with Gasteiger partial charge in [0.2, 0.25) is 0 Å². The van der Waals surface area contributed by atoms with E-state index in [4.69, 9.17) is 9.47 Å². The molecule has 4 heteroatoms. The van der Waals surface area contributed by atoms with Crippen molar-refractivity contribution >= 4 is 10.9 Å². The molecule has 5 rings (SSSR count). The molecule has 140 valence electrons.